The van der Waals surface area contributed by atoms with Gasteiger partial charge in [0.05, 0.1) is 16.8 Å². The summed E-state index contributed by atoms with van der Waals surface area (Å²) in [6, 6.07) is 29.4. The summed E-state index contributed by atoms with van der Waals surface area (Å²) in [4.78, 5) is 27.2. The molecule has 5 rings (SSSR count). The van der Waals surface area contributed by atoms with Crippen LogP contribution in [0, 0.1) is 0 Å². The molecule has 8 heteroatoms. The third-order valence-electron chi connectivity index (χ3n) is 7.04. The number of aromatic nitrogens is 2. The highest BCUT2D eigenvalue weighted by Crippen LogP contribution is 2.27. The Morgan fingerprint density at radius 3 is 2.36 bits per heavy atom. The predicted octanol–water partition coefficient (Wildman–Crippen LogP) is 7.01. The Hall–Kier alpha value is -3.94. The molecule has 2 heterocycles. The number of piperidine rings is 1. The van der Waals surface area contributed by atoms with E-state index in [1.54, 1.807) is 29.3 Å². The van der Waals surface area contributed by atoms with Gasteiger partial charge in [-0.15, -0.1) is 0 Å². The third kappa shape index (κ3) is 6.93. The molecule has 7 nitrogen and oxygen atoms in total. The van der Waals surface area contributed by atoms with Crippen LogP contribution in [0.4, 0.5) is 22.2 Å². The standard InChI is InChI=1S/C31H33ClN6O/c1-23(25-12-6-3-7-13-25)34-30-33-19-16-29(36-30)38(31(39)35-28-15-9-8-14-27(28)32)26-17-20-37(21-18-26)22-24-10-4-2-5-11-24/h2-16,19,23,26H,17-18,20-22H2,1H3,(H,35,39)(H,33,34,36). The van der Waals surface area contributed by atoms with Gasteiger partial charge in [-0.25, -0.2) is 9.78 Å². The molecule has 1 unspecified atom stereocenters. The lowest BCUT2D eigenvalue weighted by molar-refractivity contribution is 0.199. The van der Waals surface area contributed by atoms with Crippen molar-refractivity contribution in [1.29, 1.82) is 0 Å². The highest BCUT2D eigenvalue weighted by atomic mass is 35.5. The number of nitrogens with one attached hydrogen (secondary N) is 2. The molecule has 1 fully saturated rings. The summed E-state index contributed by atoms with van der Waals surface area (Å²) in [7, 11) is 0. The number of nitrogens with zero attached hydrogens (tertiary/aromatic N) is 4. The summed E-state index contributed by atoms with van der Waals surface area (Å²) < 4.78 is 0. The number of likely N-dealkylation sites (tertiary alicyclic amines) is 1. The lowest BCUT2D eigenvalue weighted by atomic mass is 10.0. The molecule has 2 amide bonds. The maximum Gasteiger partial charge on any atom is 0.327 e. The van der Waals surface area contributed by atoms with Gasteiger partial charge in [-0.05, 0) is 49.1 Å². The Kier molecular flexibility index (Phi) is 8.71. The Morgan fingerprint density at radius 2 is 1.64 bits per heavy atom. The second-order valence-corrected chi connectivity index (χ2v) is 10.2. The van der Waals surface area contributed by atoms with Crippen LogP contribution in [0.5, 0.6) is 0 Å². The maximum atomic E-state index is 13.8. The van der Waals surface area contributed by atoms with Crippen molar-refractivity contribution in [3.63, 3.8) is 0 Å². The van der Waals surface area contributed by atoms with Gasteiger partial charge >= 0.3 is 6.03 Å². The molecule has 0 aliphatic carbocycles. The molecule has 1 aromatic heterocycles. The zero-order valence-electron chi connectivity index (χ0n) is 22.0. The molecule has 0 radical (unpaired) electrons. The zero-order valence-corrected chi connectivity index (χ0v) is 22.8. The van der Waals surface area contributed by atoms with Crippen LogP contribution in [0.2, 0.25) is 5.02 Å². The normalized spacial score (nSPS) is 14.9. The van der Waals surface area contributed by atoms with Crippen LogP contribution in [-0.4, -0.2) is 40.0 Å². The molecule has 1 aliphatic rings. The van der Waals surface area contributed by atoms with E-state index in [2.05, 4.69) is 63.8 Å². The third-order valence-corrected chi connectivity index (χ3v) is 7.37. The highest BCUT2D eigenvalue weighted by molar-refractivity contribution is 6.33. The van der Waals surface area contributed by atoms with Crippen molar-refractivity contribution in [1.82, 2.24) is 14.9 Å². The van der Waals surface area contributed by atoms with Gasteiger partial charge in [0.1, 0.15) is 5.82 Å². The van der Waals surface area contributed by atoms with Gasteiger partial charge in [-0.2, -0.15) is 4.98 Å². The highest BCUT2D eigenvalue weighted by Gasteiger charge is 2.31. The Bertz CT molecular complexity index is 1360. The van der Waals surface area contributed by atoms with Gasteiger partial charge in [-0.1, -0.05) is 84.4 Å². The number of anilines is 3. The van der Waals surface area contributed by atoms with Crippen molar-refractivity contribution >= 4 is 35.1 Å². The smallest absolute Gasteiger partial charge is 0.327 e. The Morgan fingerprint density at radius 1 is 0.974 bits per heavy atom. The molecule has 1 aliphatic heterocycles. The van der Waals surface area contributed by atoms with Crippen molar-refractivity contribution in [2.45, 2.75) is 38.4 Å². The summed E-state index contributed by atoms with van der Waals surface area (Å²) in [5.41, 5.74) is 3.00. The SMILES string of the molecule is CC(Nc1nccc(N(C(=O)Nc2ccccc2Cl)C2CCN(Cc3ccccc3)CC2)n1)c1ccccc1. The monoisotopic (exact) mass is 540 g/mol. The predicted molar refractivity (Wildman–Crippen MR) is 158 cm³/mol. The van der Waals surface area contributed by atoms with Crippen LogP contribution in [0.3, 0.4) is 0 Å². The fourth-order valence-electron chi connectivity index (χ4n) is 4.94. The lowest BCUT2D eigenvalue weighted by Crippen LogP contribution is -2.49. The fourth-order valence-corrected chi connectivity index (χ4v) is 5.13. The zero-order chi connectivity index (χ0) is 27.0. The van der Waals surface area contributed by atoms with Crippen molar-refractivity contribution in [2.24, 2.45) is 0 Å². The molecule has 0 saturated carbocycles. The second-order valence-electron chi connectivity index (χ2n) is 9.79. The average Bonchev–Trinajstić information content (AvgIpc) is 2.97. The largest absolute Gasteiger partial charge is 0.348 e. The van der Waals surface area contributed by atoms with Gasteiger partial charge in [0.15, 0.2) is 0 Å². The average molecular weight is 541 g/mol. The van der Waals surface area contributed by atoms with Crippen LogP contribution in [0.1, 0.15) is 36.9 Å². The van der Waals surface area contributed by atoms with Gasteiger partial charge in [0.2, 0.25) is 5.95 Å². The first kappa shape index (κ1) is 26.7. The molecule has 2 N–H and O–H groups in total. The van der Waals surface area contributed by atoms with Crippen LogP contribution < -0.4 is 15.5 Å². The number of halogens is 1. The number of carbonyl (C=O) groups excluding carboxylic acids is 1. The first-order valence-electron chi connectivity index (χ1n) is 13.3. The van der Waals surface area contributed by atoms with E-state index < -0.39 is 0 Å². The van der Waals surface area contributed by atoms with E-state index in [0.717, 1.165) is 38.0 Å². The number of carbonyl (C=O) groups is 1. The van der Waals surface area contributed by atoms with Gasteiger partial charge in [0.25, 0.3) is 0 Å². The molecule has 3 aromatic carbocycles. The minimum atomic E-state index is -0.259. The van der Waals surface area contributed by atoms with E-state index in [4.69, 9.17) is 16.6 Å². The molecule has 4 aromatic rings. The number of rotatable bonds is 8. The van der Waals surface area contributed by atoms with E-state index in [9.17, 15) is 4.79 Å². The van der Waals surface area contributed by atoms with Crippen LogP contribution >= 0.6 is 11.6 Å². The maximum absolute atomic E-state index is 13.8. The van der Waals surface area contributed by atoms with E-state index >= 15 is 0 Å². The molecule has 0 bridgehead atoms. The van der Waals surface area contributed by atoms with E-state index in [-0.39, 0.29) is 18.1 Å². The number of amides is 2. The first-order valence-corrected chi connectivity index (χ1v) is 13.7. The number of urea groups is 1. The minimum absolute atomic E-state index is 0.00748. The van der Waals surface area contributed by atoms with Gasteiger partial charge < -0.3 is 10.6 Å². The van der Waals surface area contributed by atoms with Crippen molar-refractivity contribution in [3.05, 3.63) is 113 Å². The minimum Gasteiger partial charge on any atom is -0.348 e. The summed E-state index contributed by atoms with van der Waals surface area (Å²) in [5, 5.41) is 6.87. The van der Waals surface area contributed by atoms with Crippen LogP contribution in [-0.2, 0) is 6.54 Å². The molecule has 1 atom stereocenters. The summed E-state index contributed by atoms with van der Waals surface area (Å²) in [5.74, 6) is 1.03. The van der Waals surface area contributed by atoms with Crippen molar-refractivity contribution in [2.75, 3.05) is 28.6 Å². The number of benzene rings is 3. The molecular weight excluding hydrogens is 508 g/mol. The van der Waals surface area contributed by atoms with Crippen LogP contribution in [0.25, 0.3) is 0 Å². The molecule has 1 saturated heterocycles. The number of hydrogen-bond donors (Lipinski definition) is 2. The van der Waals surface area contributed by atoms with Crippen LogP contribution in [0.15, 0.2) is 97.2 Å². The fraction of sp³-hybridized carbons (Fsp3) is 0.258. The number of hydrogen-bond acceptors (Lipinski definition) is 5. The summed E-state index contributed by atoms with van der Waals surface area (Å²) in [6.45, 7) is 4.74. The first-order chi connectivity index (χ1) is 19.1. The Balaban J connectivity index is 1.35. The van der Waals surface area contributed by atoms with Gasteiger partial charge in [0, 0.05) is 31.9 Å². The van der Waals surface area contributed by atoms with E-state index in [1.807, 2.05) is 36.4 Å². The van der Waals surface area contributed by atoms with Crippen molar-refractivity contribution in [3.8, 4) is 0 Å². The van der Waals surface area contributed by atoms with Gasteiger partial charge in [-0.3, -0.25) is 9.80 Å². The molecule has 200 valence electrons. The lowest BCUT2D eigenvalue weighted by Gasteiger charge is -2.38. The Labute approximate surface area is 234 Å². The summed E-state index contributed by atoms with van der Waals surface area (Å²) in [6.07, 6.45) is 3.36. The van der Waals surface area contributed by atoms with E-state index in [0.29, 0.717) is 22.5 Å². The number of para-hydroxylation sites is 1. The topological polar surface area (TPSA) is 73.4 Å². The quantitative estimate of drug-likeness (QED) is 0.251. The van der Waals surface area contributed by atoms with Crippen molar-refractivity contribution < 1.29 is 4.79 Å². The molecule has 0 spiro atoms. The van der Waals surface area contributed by atoms with E-state index in [1.165, 1.54) is 5.56 Å². The second kappa shape index (κ2) is 12.7. The molecular formula is C31H33ClN6O. The summed E-state index contributed by atoms with van der Waals surface area (Å²) >= 11 is 6.37. The molecule has 39 heavy (non-hydrogen) atoms.